The number of benzene rings is 1. The van der Waals surface area contributed by atoms with Crippen molar-refractivity contribution in [3.63, 3.8) is 0 Å². The number of carbonyl (C=O) groups excluding carboxylic acids is 1. The van der Waals surface area contributed by atoms with Crippen LogP contribution in [-0.2, 0) is 11.3 Å². The molecule has 6 heteroatoms. The van der Waals surface area contributed by atoms with Gasteiger partial charge in [-0.25, -0.2) is 9.78 Å². The van der Waals surface area contributed by atoms with E-state index in [4.69, 9.17) is 13.9 Å². The smallest absolute Gasteiger partial charge is 0.338 e. The Labute approximate surface area is 131 Å². The minimum Gasteiger partial charge on any atom is -0.497 e. The number of methoxy groups -OCH3 is 1. The van der Waals surface area contributed by atoms with Crippen LogP contribution in [0.3, 0.4) is 0 Å². The number of hydrogen-bond donors (Lipinski definition) is 0. The van der Waals surface area contributed by atoms with Crippen LogP contribution in [0.5, 0.6) is 5.75 Å². The van der Waals surface area contributed by atoms with Crippen LogP contribution in [0.2, 0.25) is 0 Å². The number of carbonyl (C=O) groups is 1. The van der Waals surface area contributed by atoms with Crippen molar-refractivity contribution in [2.75, 3.05) is 7.11 Å². The molecule has 3 rings (SSSR count). The topological polar surface area (TPSA) is 61.6 Å². The predicted octanol–water partition coefficient (Wildman–Crippen LogP) is 3.77. The van der Waals surface area contributed by atoms with Gasteiger partial charge in [-0.1, -0.05) is 12.1 Å². The number of rotatable bonds is 5. The SMILES string of the molecule is COc1cccc(C(=O)OCc2coc(-c3cccs3)n2)c1. The molecular formula is C16H13NO4S. The molecule has 3 aromatic rings. The Bertz CT molecular complexity index is 764. The van der Waals surface area contributed by atoms with Crippen molar-refractivity contribution in [2.24, 2.45) is 0 Å². The zero-order valence-electron chi connectivity index (χ0n) is 11.8. The second kappa shape index (κ2) is 6.44. The van der Waals surface area contributed by atoms with Crippen molar-refractivity contribution >= 4 is 17.3 Å². The van der Waals surface area contributed by atoms with E-state index >= 15 is 0 Å². The molecule has 0 saturated carbocycles. The van der Waals surface area contributed by atoms with E-state index in [1.165, 1.54) is 17.6 Å². The molecule has 0 aliphatic carbocycles. The summed E-state index contributed by atoms with van der Waals surface area (Å²) >= 11 is 1.54. The molecular weight excluding hydrogens is 302 g/mol. The van der Waals surface area contributed by atoms with Crippen LogP contribution in [0.1, 0.15) is 16.1 Å². The standard InChI is InChI=1S/C16H13NO4S/c1-19-13-5-2-4-11(8-13)16(18)21-10-12-9-20-15(17-12)14-6-3-7-22-14/h2-9H,10H2,1H3. The Morgan fingerprint density at radius 1 is 1.32 bits per heavy atom. The highest BCUT2D eigenvalue weighted by Gasteiger charge is 2.12. The van der Waals surface area contributed by atoms with E-state index in [2.05, 4.69) is 4.98 Å². The number of ether oxygens (including phenoxy) is 2. The molecule has 0 fully saturated rings. The maximum atomic E-state index is 12.0. The van der Waals surface area contributed by atoms with Gasteiger partial charge in [-0.15, -0.1) is 11.3 Å². The fourth-order valence-corrected chi connectivity index (χ4v) is 2.52. The van der Waals surface area contributed by atoms with Gasteiger partial charge in [0, 0.05) is 0 Å². The third-order valence-electron chi connectivity index (χ3n) is 2.94. The molecule has 0 radical (unpaired) electrons. The van der Waals surface area contributed by atoms with Crippen molar-refractivity contribution in [3.05, 3.63) is 59.3 Å². The number of nitrogens with zero attached hydrogens (tertiary/aromatic N) is 1. The van der Waals surface area contributed by atoms with Crippen LogP contribution < -0.4 is 4.74 Å². The van der Waals surface area contributed by atoms with E-state index in [0.717, 1.165) is 4.88 Å². The second-order valence-corrected chi connectivity index (χ2v) is 5.38. The fourth-order valence-electron chi connectivity index (χ4n) is 1.86. The van der Waals surface area contributed by atoms with Gasteiger partial charge in [0.25, 0.3) is 0 Å². The van der Waals surface area contributed by atoms with Gasteiger partial charge >= 0.3 is 5.97 Å². The first kappa shape index (κ1) is 14.3. The molecule has 0 N–H and O–H groups in total. The highest BCUT2D eigenvalue weighted by atomic mass is 32.1. The fraction of sp³-hybridized carbons (Fsp3) is 0.125. The van der Waals surface area contributed by atoms with Gasteiger partial charge in [0.05, 0.1) is 17.6 Å². The minimum atomic E-state index is -0.431. The zero-order chi connectivity index (χ0) is 15.4. The first-order chi connectivity index (χ1) is 10.8. The van der Waals surface area contributed by atoms with E-state index in [9.17, 15) is 4.79 Å². The second-order valence-electron chi connectivity index (χ2n) is 4.43. The normalized spacial score (nSPS) is 10.4. The maximum absolute atomic E-state index is 12.0. The highest BCUT2D eigenvalue weighted by Crippen LogP contribution is 2.24. The van der Waals surface area contributed by atoms with Crippen LogP contribution >= 0.6 is 11.3 Å². The molecule has 0 saturated heterocycles. The number of hydrogen-bond acceptors (Lipinski definition) is 6. The number of aromatic nitrogens is 1. The summed E-state index contributed by atoms with van der Waals surface area (Å²) < 4.78 is 15.7. The van der Waals surface area contributed by atoms with E-state index in [-0.39, 0.29) is 6.61 Å². The Morgan fingerprint density at radius 2 is 2.23 bits per heavy atom. The highest BCUT2D eigenvalue weighted by molar-refractivity contribution is 7.13. The molecule has 112 valence electrons. The lowest BCUT2D eigenvalue weighted by Gasteiger charge is -2.04. The van der Waals surface area contributed by atoms with E-state index in [1.807, 2.05) is 17.5 Å². The summed E-state index contributed by atoms with van der Waals surface area (Å²) in [6, 6.07) is 10.6. The minimum absolute atomic E-state index is 0.0604. The lowest BCUT2D eigenvalue weighted by molar-refractivity contribution is 0.0467. The van der Waals surface area contributed by atoms with Crippen molar-refractivity contribution < 1.29 is 18.7 Å². The number of oxazole rings is 1. The summed E-state index contributed by atoms with van der Waals surface area (Å²) in [5, 5.41) is 1.95. The first-order valence-electron chi connectivity index (χ1n) is 6.56. The summed E-state index contributed by atoms with van der Waals surface area (Å²) in [6.45, 7) is 0.0604. The van der Waals surface area contributed by atoms with E-state index in [0.29, 0.717) is 22.9 Å². The predicted molar refractivity (Wildman–Crippen MR) is 81.9 cm³/mol. The van der Waals surface area contributed by atoms with Crippen LogP contribution in [0.25, 0.3) is 10.8 Å². The summed E-state index contributed by atoms with van der Waals surface area (Å²) in [5.74, 6) is 0.706. The Kier molecular flexibility index (Phi) is 4.20. The molecule has 0 unspecified atom stereocenters. The van der Waals surface area contributed by atoms with Crippen LogP contribution in [0.4, 0.5) is 0 Å². The molecule has 0 spiro atoms. The van der Waals surface area contributed by atoms with Gasteiger partial charge in [0.15, 0.2) is 0 Å². The van der Waals surface area contributed by atoms with Gasteiger partial charge in [0.1, 0.15) is 24.3 Å². The molecule has 2 heterocycles. The maximum Gasteiger partial charge on any atom is 0.338 e. The zero-order valence-corrected chi connectivity index (χ0v) is 12.6. The summed E-state index contributed by atoms with van der Waals surface area (Å²) in [7, 11) is 1.55. The first-order valence-corrected chi connectivity index (χ1v) is 7.43. The monoisotopic (exact) mass is 315 g/mol. The van der Waals surface area contributed by atoms with Gasteiger partial charge in [-0.2, -0.15) is 0 Å². The largest absolute Gasteiger partial charge is 0.497 e. The molecule has 0 aliphatic heterocycles. The van der Waals surface area contributed by atoms with Gasteiger partial charge < -0.3 is 13.9 Å². The van der Waals surface area contributed by atoms with Crippen LogP contribution in [0, 0.1) is 0 Å². The number of thiophene rings is 1. The van der Waals surface area contributed by atoms with E-state index in [1.54, 1.807) is 31.4 Å². The molecule has 0 bridgehead atoms. The van der Waals surface area contributed by atoms with E-state index < -0.39 is 5.97 Å². The van der Waals surface area contributed by atoms with Gasteiger partial charge in [0.2, 0.25) is 5.89 Å². The third-order valence-corrected chi connectivity index (χ3v) is 3.80. The van der Waals surface area contributed by atoms with Gasteiger partial charge in [-0.05, 0) is 29.6 Å². The molecule has 0 amide bonds. The molecule has 2 aromatic heterocycles. The Morgan fingerprint density at radius 3 is 3.00 bits per heavy atom. The third kappa shape index (κ3) is 3.17. The molecule has 5 nitrogen and oxygen atoms in total. The average molecular weight is 315 g/mol. The van der Waals surface area contributed by atoms with Gasteiger partial charge in [-0.3, -0.25) is 0 Å². The molecule has 0 atom stereocenters. The lowest BCUT2D eigenvalue weighted by atomic mass is 10.2. The Hall–Kier alpha value is -2.60. The van der Waals surface area contributed by atoms with Crippen molar-refractivity contribution in [1.82, 2.24) is 4.98 Å². The average Bonchev–Trinajstić information content (AvgIpc) is 3.23. The van der Waals surface area contributed by atoms with Crippen molar-refractivity contribution in [2.45, 2.75) is 6.61 Å². The summed E-state index contributed by atoms with van der Waals surface area (Å²) in [6.07, 6.45) is 1.49. The van der Waals surface area contributed by atoms with Crippen molar-refractivity contribution in [3.8, 4) is 16.5 Å². The Balaban J connectivity index is 1.63. The quantitative estimate of drug-likeness (QED) is 0.671. The molecule has 22 heavy (non-hydrogen) atoms. The van der Waals surface area contributed by atoms with Crippen LogP contribution in [-0.4, -0.2) is 18.1 Å². The molecule has 0 aliphatic rings. The number of esters is 1. The molecule has 1 aromatic carbocycles. The lowest BCUT2D eigenvalue weighted by Crippen LogP contribution is -2.05. The van der Waals surface area contributed by atoms with Crippen molar-refractivity contribution in [1.29, 1.82) is 0 Å². The van der Waals surface area contributed by atoms with Crippen LogP contribution in [0.15, 0.2) is 52.5 Å². The summed E-state index contributed by atoms with van der Waals surface area (Å²) in [4.78, 5) is 17.2. The summed E-state index contributed by atoms with van der Waals surface area (Å²) in [5.41, 5.74) is 1.00.